The van der Waals surface area contributed by atoms with Crippen molar-refractivity contribution in [2.45, 2.75) is 91.8 Å². The summed E-state index contributed by atoms with van der Waals surface area (Å²) in [6.07, 6.45) is 17.0. The smallest absolute Gasteiger partial charge is 0.203 e. The van der Waals surface area contributed by atoms with Gasteiger partial charge in [0.2, 0.25) is 5.79 Å². The quantitative estimate of drug-likeness (QED) is 0.200. The van der Waals surface area contributed by atoms with Crippen LogP contribution in [0.2, 0.25) is 0 Å². The molecule has 3 aliphatic carbocycles. The number of hydrogen-bond acceptors (Lipinski definition) is 3. The number of fused-ring (bicyclic) bond motifs is 1. The summed E-state index contributed by atoms with van der Waals surface area (Å²) in [5.74, 6) is 1.85. The van der Waals surface area contributed by atoms with Gasteiger partial charge in [0.1, 0.15) is 0 Å². The fourth-order valence-corrected chi connectivity index (χ4v) is 6.33. The monoisotopic (exact) mass is 428 g/mol. The Kier molecular flexibility index (Phi) is 7.71. The molecule has 0 aromatic carbocycles. The topological polar surface area (TPSA) is 49.7 Å². The standard InChI is InChI=1S/C28H44O3/c1-19(2)20(3)9-10-22(5)25-13-14-26-23(8-7-16-27(25,26)6)11-12-24-18-28(29,31-30)17-15-21(24)4/h9-12,19-20,22,25-26,29-30H,4,7-8,13-18H2,1-3,5-6H3/t20-,22+,25+,26?,27+,28-/m0/s1. The third-order valence-electron chi connectivity index (χ3n) is 8.85. The number of aliphatic hydroxyl groups is 1. The van der Waals surface area contributed by atoms with Gasteiger partial charge in [-0.25, -0.2) is 10.1 Å². The third kappa shape index (κ3) is 5.26. The highest BCUT2D eigenvalue weighted by molar-refractivity contribution is 5.37. The summed E-state index contributed by atoms with van der Waals surface area (Å²) in [5, 5.41) is 19.4. The molecular formula is C28H44O3. The summed E-state index contributed by atoms with van der Waals surface area (Å²) in [4.78, 5) is 4.38. The molecule has 3 saturated carbocycles. The SMILES string of the molecule is C=C1CC[C@](O)(OO)CC1=CC=C1CCC[C@@]2(C)C1CC[C@@H]2[C@H](C)C=C[C@H](C)C(C)C. The molecule has 2 N–H and O–H groups in total. The Bertz CT molecular complexity index is 745. The van der Waals surface area contributed by atoms with Crippen LogP contribution in [0.1, 0.15) is 86.0 Å². The van der Waals surface area contributed by atoms with Crippen LogP contribution in [0.25, 0.3) is 0 Å². The van der Waals surface area contributed by atoms with Crippen molar-refractivity contribution < 1.29 is 15.3 Å². The fourth-order valence-electron chi connectivity index (χ4n) is 6.33. The van der Waals surface area contributed by atoms with E-state index in [1.807, 2.05) is 0 Å². The van der Waals surface area contributed by atoms with Gasteiger partial charge < -0.3 is 5.11 Å². The van der Waals surface area contributed by atoms with Crippen LogP contribution in [-0.4, -0.2) is 16.2 Å². The molecule has 0 aromatic heterocycles. The van der Waals surface area contributed by atoms with Crippen LogP contribution in [0, 0.1) is 35.0 Å². The van der Waals surface area contributed by atoms with Crippen LogP contribution in [0.5, 0.6) is 0 Å². The Morgan fingerprint density at radius 3 is 2.48 bits per heavy atom. The van der Waals surface area contributed by atoms with Crippen LogP contribution in [0.15, 0.2) is 47.6 Å². The lowest BCUT2D eigenvalue weighted by atomic mass is 9.61. The summed E-state index contributed by atoms with van der Waals surface area (Å²) in [5.41, 5.74) is 3.96. The molecule has 0 amide bonds. The minimum Gasteiger partial charge on any atom is -0.363 e. The lowest BCUT2D eigenvalue weighted by molar-refractivity contribution is -0.394. The maximum atomic E-state index is 10.3. The van der Waals surface area contributed by atoms with E-state index in [0.717, 1.165) is 17.1 Å². The first-order valence-corrected chi connectivity index (χ1v) is 12.4. The highest BCUT2D eigenvalue weighted by Gasteiger charge is 2.50. The lowest BCUT2D eigenvalue weighted by Gasteiger charge is -2.44. The molecule has 0 aliphatic heterocycles. The van der Waals surface area contributed by atoms with Crippen molar-refractivity contribution in [3.05, 3.63) is 47.6 Å². The third-order valence-corrected chi connectivity index (χ3v) is 8.85. The molecular weight excluding hydrogens is 384 g/mol. The van der Waals surface area contributed by atoms with Crippen molar-refractivity contribution in [1.82, 2.24) is 0 Å². The molecule has 3 rings (SSSR count). The van der Waals surface area contributed by atoms with Gasteiger partial charge in [0.05, 0.1) is 0 Å². The second-order valence-electron chi connectivity index (χ2n) is 11.2. The van der Waals surface area contributed by atoms with Gasteiger partial charge in [-0.05, 0) is 79.1 Å². The fraction of sp³-hybridized carbons (Fsp3) is 0.714. The van der Waals surface area contributed by atoms with Crippen molar-refractivity contribution in [2.75, 3.05) is 0 Å². The summed E-state index contributed by atoms with van der Waals surface area (Å²) in [7, 11) is 0. The average molecular weight is 429 g/mol. The number of allylic oxidation sites excluding steroid dienone is 6. The van der Waals surface area contributed by atoms with E-state index in [4.69, 9.17) is 5.26 Å². The van der Waals surface area contributed by atoms with Gasteiger partial charge >= 0.3 is 0 Å². The van der Waals surface area contributed by atoms with Crippen molar-refractivity contribution in [3.8, 4) is 0 Å². The van der Waals surface area contributed by atoms with Crippen LogP contribution in [-0.2, 0) is 4.89 Å². The van der Waals surface area contributed by atoms with E-state index in [9.17, 15) is 5.11 Å². The van der Waals surface area contributed by atoms with Gasteiger partial charge in [0.15, 0.2) is 0 Å². The van der Waals surface area contributed by atoms with E-state index in [2.05, 4.69) is 70.4 Å². The normalized spacial score (nSPS) is 38.9. The van der Waals surface area contributed by atoms with Crippen molar-refractivity contribution in [2.24, 2.45) is 35.0 Å². The van der Waals surface area contributed by atoms with Crippen LogP contribution in [0.3, 0.4) is 0 Å². The van der Waals surface area contributed by atoms with Crippen LogP contribution < -0.4 is 0 Å². The molecule has 0 heterocycles. The maximum absolute atomic E-state index is 10.3. The Balaban J connectivity index is 1.77. The predicted octanol–water partition coefficient (Wildman–Crippen LogP) is 7.46. The second-order valence-corrected chi connectivity index (χ2v) is 11.2. The molecule has 31 heavy (non-hydrogen) atoms. The van der Waals surface area contributed by atoms with Gasteiger partial charge in [0, 0.05) is 12.8 Å². The average Bonchev–Trinajstić information content (AvgIpc) is 3.10. The second kappa shape index (κ2) is 9.77. The van der Waals surface area contributed by atoms with Gasteiger partial charge in [-0.2, -0.15) is 0 Å². The van der Waals surface area contributed by atoms with Gasteiger partial charge in [0.25, 0.3) is 0 Å². The first-order valence-electron chi connectivity index (χ1n) is 12.4. The minimum absolute atomic E-state index is 0.298. The molecule has 3 aliphatic rings. The van der Waals surface area contributed by atoms with E-state index >= 15 is 0 Å². The van der Waals surface area contributed by atoms with Crippen molar-refractivity contribution in [1.29, 1.82) is 0 Å². The first kappa shape index (κ1) is 24.5. The predicted molar refractivity (Wildman–Crippen MR) is 128 cm³/mol. The molecule has 174 valence electrons. The summed E-state index contributed by atoms with van der Waals surface area (Å²) in [6, 6.07) is 0. The Morgan fingerprint density at radius 1 is 1.06 bits per heavy atom. The van der Waals surface area contributed by atoms with E-state index < -0.39 is 5.79 Å². The molecule has 0 aromatic rings. The Labute approximate surface area is 189 Å². The summed E-state index contributed by atoms with van der Waals surface area (Å²) in [6.45, 7) is 16.0. The zero-order valence-corrected chi connectivity index (χ0v) is 20.4. The van der Waals surface area contributed by atoms with Gasteiger partial charge in [-0.1, -0.05) is 76.6 Å². The first-order chi connectivity index (χ1) is 14.6. The van der Waals surface area contributed by atoms with E-state index in [1.165, 1.54) is 32.1 Å². The molecule has 0 saturated heterocycles. The zero-order chi connectivity index (χ0) is 22.8. The number of hydrogen-bond donors (Lipinski definition) is 2. The zero-order valence-electron chi connectivity index (χ0n) is 20.4. The highest BCUT2D eigenvalue weighted by atomic mass is 17.1. The molecule has 0 bridgehead atoms. The molecule has 0 spiro atoms. The number of rotatable bonds is 6. The summed E-state index contributed by atoms with van der Waals surface area (Å²) < 4.78 is 0. The minimum atomic E-state index is -1.47. The Morgan fingerprint density at radius 2 is 1.81 bits per heavy atom. The van der Waals surface area contributed by atoms with Crippen molar-refractivity contribution >= 4 is 0 Å². The lowest BCUT2D eigenvalue weighted by Crippen LogP contribution is -2.35. The van der Waals surface area contributed by atoms with Crippen molar-refractivity contribution in [3.63, 3.8) is 0 Å². The van der Waals surface area contributed by atoms with Crippen LogP contribution >= 0.6 is 0 Å². The van der Waals surface area contributed by atoms with E-state index in [1.54, 1.807) is 5.57 Å². The van der Waals surface area contributed by atoms with E-state index in [-0.39, 0.29) is 0 Å². The molecule has 3 heteroatoms. The molecule has 6 atom stereocenters. The molecule has 3 fully saturated rings. The molecule has 0 radical (unpaired) electrons. The van der Waals surface area contributed by atoms with E-state index in [0.29, 0.717) is 48.3 Å². The van der Waals surface area contributed by atoms with Gasteiger partial charge in [-0.3, -0.25) is 0 Å². The van der Waals surface area contributed by atoms with Gasteiger partial charge in [-0.15, -0.1) is 0 Å². The molecule has 3 nitrogen and oxygen atoms in total. The molecule has 1 unspecified atom stereocenters. The summed E-state index contributed by atoms with van der Waals surface area (Å²) >= 11 is 0. The highest BCUT2D eigenvalue weighted by Crippen LogP contribution is 2.59. The maximum Gasteiger partial charge on any atom is 0.203 e. The Hall–Kier alpha value is -1.16. The largest absolute Gasteiger partial charge is 0.363 e. The van der Waals surface area contributed by atoms with Crippen LogP contribution in [0.4, 0.5) is 0 Å².